The maximum atomic E-state index is 5.23. The Balaban J connectivity index is 1.14. The van der Waals surface area contributed by atoms with Crippen LogP contribution in [-0.4, -0.2) is 14.5 Å². The second-order valence-electron chi connectivity index (χ2n) is 13.4. The Bertz CT molecular complexity index is 2930. The van der Waals surface area contributed by atoms with Crippen LogP contribution in [0, 0.1) is 0 Å². The Kier molecular flexibility index (Phi) is 7.47. The minimum Gasteiger partial charge on any atom is -0.309 e. The lowest BCUT2D eigenvalue weighted by Crippen LogP contribution is -1.97. The number of hydrogen-bond donors (Lipinski definition) is 0. The van der Waals surface area contributed by atoms with E-state index in [-0.39, 0.29) is 0 Å². The largest absolute Gasteiger partial charge is 0.309 e. The van der Waals surface area contributed by atoms with Crippen molar-refractivity contribution in [2.45, 2.75) is 0 Å². The molecule has 10 rings (SSSR count). The Morgan fingerprint density at radius 2 is 0.868 bits per heavy atom. The molecule has 0 saturated heterocycles. The van der Waals surface area contributed by atoms with Crippen molar-refractivity contribution in [2.75, 3.05) is 0 Å². The summed E-state index contributed by atoms with van der Waals surface area (Å²) in [7, 11) is 0. The van der Waals surface area contributed by atoms with Gasteiger partial charge in [-0.15, -0.1) is 0 Å². The van der Waals surface area contributed by atoms with Gasteiger partial charge in [-0.3, -0.25) is 0 Å². The van der Waals surface area contributed by atoms with E-state index in [0.29, 0.717) is 5.82 Å². The van der Waals surface area contributed by atoms with Gasteiger partial charge in [0.2, 0.25) is 0 Å². The lowest BCUT2D eigenvalue weighted by molar-refractivity contribution is 1.18. The molecule has 0 bridgehead atoms. The third kappa shape index (κ3) is 5.47. The van der Waals surface area contributed by atoms with Gasteiger partial charge >= 0.3 is 0 Å². The average molecular weight is 676 g/mol. The molecule has 10 aromatic rings. The maximum absolute atomic E-state index is 5.23. The van der Waals surface area contributed by atoms with Crippen LogP contribution in [-0.2, 0) is 0 Å². The summed E-state index contributed by atoms with van der Waals surface area (Å²) in [6.07, 6.45) is 0. The zero-order chi connectivity index (χ0) is 35.1. The Morgan fingerprint density at radius 3 is 1.64 bits per heavy atom. The molecule has 0 spiro atoms. The molecule has 0 atom stereocenters. The third-order valence-corrected chi connectivity index (χ3v) is 10.2. The van der Waals surface area contributed by atoms with Crippen LogP contribution in [0.2, 0.25) is 0 Å². The highest BCUT2D eigenvalue weighted by Gasteiger charge is 2.17. The zero-order valence-electron chi connectivity index (χ0n) is 28.9. The van der Waals surface area contributed by atoms with Gasteiger partial charge in [0.15, 0.2) is 5.82 Å². The van der Waals surface area contributed by atoms with Gasteiger partial charge in [-0.2, -0.15) is 0 Å². The number of nitrogens with zero attached hydrogens (tertiary/aromatic N) is 3. The number of rotatable bonds is 6. The van der Waals surface area contributed by atoms with Gasteiger partial charge in [0.25, 0.3) is 0 Å². The van der Waals surface area contributed by atoms with Crippen LogP contribution in [0.3, 0.4) is 0 Å². The molecule has 0 unspecified atom stereocenters. The van der Waals surface area contributed by atoms with Gasteiger partial charge in [0.05, 0.1) is 22.4 Å². The lowest BCUT2D eigenvalue weighted by Gasteiger charge is -2.14. The first-order valence-corrected chi connectivity index (χ1v) is 18.0. The Morgan fingerprint density at radius 1 is 0.302 bits per heavy atom. The van der Waals surface area contributed by atoms with Gasteiger partial charge in [-0.25, -0.2) is 9.97 Å². The molecular weight excluding hydrogens is 643 g/mol. The average Bonchev–Trinajstić information content (AvgIpc) is 3.58. The molecule has 0 amide bonds. The predicted octanol–water partition coefficient (Wildman–Crippen LogP) is 13.1. The van der Waals surface area contributed by atoms with E-state index >= 15 is 0 Å². The molecule has 0 aliphatic heterocycles. The first kappa shape index (κ1) is 30.7. The van der Waals surface area contributed by atoms with Crippen LogP contribution in [0.4, 0.5) is 0 Å². The zero-order valence-corrected chi connectivity index (χ0v) is 28.9. The first-order valence-electron chi connectivity index (χ1n) is 18.0. The quantitative estimate of drug-likeness (QED) is 0.176. The number of hydrogen-bond acceptors (Lipinski definition) is 2. The highest BCUT2D eigenvalue weighted by Crippen LogP contribution is 2.40. The van der Waals surface area contributed by atoms with Crippen molar-refractivity contribution >= 4 is 32.6 Å². The van der Waals surface area contributed by atoms with E-state index in [1.165, 1.54) is 43.9 Å². The molecule has 0 N–H and O–H groups in total. The molecular formula is C50H33N3. The van der Waals surface area contributed by atoms with E-state index in [1.54, 1.807) is 0 Å². The highest BCUT2D eigenvalue weighted by atomic mass is 15.0. The number of aromatic nitrogens is 3. The van der Waals surface area contributed by atoms with E-state index in [2.05, 4.69) is 187 Å². The summed E-state index contributed by atoms with van der Waals surface area (Å²) in [5.41, 5.74) is 13.2. The van der Waals surface area contributed by atoms with Crippen LogP contribution in [0.5, 0.6) is 0 Å². The first-order chi connectivity index (χ1) is 26.3. The fourth-order valence-electron chi connectivity index (χ4n) is 7.71. The van der Waals surface area contributed by atoms with Crippen LogP contribution in [0.25, 0.3) is 94.4 Å². The summed E-state index contributed by atoms with van der Waals surface area (Å²) in [4.78, 5) is 10.4. The van der Waals surface area contributed by atoms with Crippen LogP contribution >= 0.6 is 0 Å². The highest BCUT2D eigenvalue weighted by molar-refractivity contribution is 6.12. The molecule has 2 heterocycles. The van der Waals surface area contributed by atoms with Crippen molar-refractivity contribution in [1.82, 2.24) is 14.5 Å². The van der Waals surface area contributed by atoms with Crippen molar-refractivity contribution in [1.29, 1.82) is 0 Å². The predicted molar refractivity (Wildman–Crippen MR) is 221 cm³/mol. The van der Waals surface area contributed by atoms with Gasteiger partial charge in [0.1, 0.15) is 0 Å². The maximum Gasteiger partial charge on any atom is 0.160 e. The van der Waals surface area contributed by atoms with Crippen LogP contribution < -0.4 is 0 Å². The Labute approximate surface area is 308 Å². The van der Waals surface area contributed by atoms with Crippen molar-refractivity contribution in [3.8, 4) is 61.8 Å². The summed E-state index contributed by atoms with van der Waals surface area (Å²) in [5, 5.41) is 4.82. The van der Waals surface area contributed by atoms with E-state index in [4.69, 9.17) is 9.97 Å². The minimum atomic E-state index is 0.705. The fraction of sp³-hybridized carbons (Fsp3) is 0. The van der Waals surface area contributed by atoms with Gasteiger partial charge in [-0.05, 0) is 75.5 Å². The van der Waals surface area contributed by atoms with Gasteiger partial charge in [0, 0.05) is 33.2 Å². The van der Waals surface area contributed by atoms with Crippen molar-refractivity contribution in [2.24, 2.45) is 0 Å². The number of benzene rings is 8. The molecule has 2 aromatic heterocycles. The molecule has 8 aromatic carbocycles. The van der Waals surface area contributed by atoms with Crippen molar-refractivity contribution in [3.05, 3.63) is 200 Å². The van der Waals surface area contributed by atoms with E-state index in [1.807, 2.05) is 18.2 Å². The van der Waals surface area contributed by atoms with Crippen molar-refractivity contribution < 1.29 is 0 Å². The number of para-hydroxylation sites is 2. The summed E-state index contributed by atoms with van der Waals surface area (Å²) in [5.74, 6) is 0.705. The molecule has 248 valence electrons. The second-order valence-corrected chi connectivity index (χ2v) is 13.4. The standard InChI is InChI=1S/C50H33N3/c1-4-15-34(16-5-1)36-19-14-20-38(31-36)46-33-47(52-50(51-46)35-17-6-2-7-18-35)43-29-28-40(41-23-10-11-24-42(41)43)37-27-30-49-45(32-37)44-25-12-13-26-48(44)53(49)39-21-8-3-9-22-39/h1-33H. The second kappa shape index (κ2) is 12.9. The molecule has 0 aliphatic carbocycles. The SMILES string of the molecule is c1ccc(-c2cccc(-c3cc(-c4ccc(-c5ccc6c(c5)c5ccccc5n6-c5ccccc5)c5ccccc45)nc(-c4ccccc4)n3)c2)cc1. The molecule has 3 nitrogen and oxygen atoms in total. The van der Waals surface area contributed by atoms with E-state index in [0.717, 1.165) is 44.7 Å². The Hall–Kier alpha value is -7.10. The molecule has 0 aliphatic rings. The molecule has 0 fully saturated rings. The summed E-state index contributed by atoms with van der Waals surface area (Å²) in [6, 6.07) is 70.9. The third-order valence-electron chi connectivity index (χ3n) is 10.2. The molecule has 0 saturated carbocycles. The summed E-state index contributed by atoms with van der Waals surface area (Å²) in [6.45, 7) is 0. The molecule has 0 radical (unpaired) electrons. The van der Waals surface area contributed by atoms with Crippen LogP contribution in [0.1, 0.15) is 0 Å². The lowest BCUT2D eigenvalue weighted by atomic mass is 9.92. The monoisotopic (exact) mass is 675 g/mol. The smallest absolute Gasteiger partial charge is 0.160 e. The van der Waals surface area contributed by atoms with Gasteiger partial charge < -0.3 is 4.57 Å². The van der Waals surface area contributed by atoms with Gasteiger partial charge in [-0.1, -0.05) is 158 Å². The molecule has 3 heteroatoms. The van der Waals surface area contributed by atoms with E-state index in [9.17, 15) is 0 Å². The van der Waals surface area contributed by atoms with Crippen LogP contribution in [0.15, 0.2) is 200 Å². The fourth-order valence-corrected chi connectivity index (χ4v) is 7.71. The summed E-state index contributed by atoms with van der Waals surface area (Å²) < 4.78 is 2.36. The topological polar surface area (TPSA) is 30.7 Å². The normalized spacial score (nSPS) is 11.4. The number of fused-ring (bicyclic) bond motifs is 4. The van der Waals surface area contributed by atoms with Crippen molar-refractivity contribution in [3.63, 3.8) is 0 Å². The minimum absolute atomic E-state index is 0.705. The summed E-state index contributed by atoms with van der Waals surface area (Å²) >= 11 is 0. The van der Waals surface area contributed by atoms with E-state index < -0.39 is 0 Å². The molecule has 53 heavy (non-hydrogen) atoms.